The van der Waals surface area contributed by atoms with Crippen LogP contribution < -0.4 is 0 Å². The Hall–Kier alpha value is -0.200. The van der Waals surface area contributed by atoms with Crippen molar-refractivity contribution >= 4 is 0 Å². The summed E-state index contributed by atoms with van der Waals surface area (Å²) in [6.45, 7) is 1.11. The van der Waals surface area contributed by atoms with Crippen LogP contribution in [0.3, 0.4) is 0 Å². The minimum absolute atomic E-state index is 0.334. The fourth-order valence-electron chi connectivity index (χ4n) is 0.829. The molecule has 5 heteroatoms. The standard InChI is InChI=1S/C7H16O5/c1-2-12-6(4-9)7(11)5(10)3-8/h5-11H,2-4H2,1H3/t5-,6?,7-/m0/s1. The van der Waals surface area contributed by atoms with Crippen molar-refractivity contribution in [1.29, 1.82) is 0 Å². The minimum Gasteiger partial charge on any atom is -0.394 e. The summed E-state index contributed by atoms with van der Waals surface area (Å²) < 4.78 is 4.90. The van der Waals surface area contributed by atoms with E-state index >= 15 is 0 Å². The van der Waals surface area contributed by atoms with E-state index in [1.54, 1.807) is 6.92 Å². The summed E-state index contributed by atoms with van der Waals surface area (Å²) in [6, 6.07) is 0. The van der Waals surface area contributed by atoms with Gasteiger partial charge in [0.05, 0.1) is 13.2 Å². The van der Waals surface area contributed by atoms with Crippen molar-refractivity contribution in [3.8, 4) is 0 Å². The van der Waals surface area contributed by atoms with E-state index in [9.17, 15) is 5.11 Å². The quantitative estimate of drug-likeness (QED) is 0.383. The van der Waals surface area contributed by atoms with Gasteiger partial charge < -0.3 is 25.2 Å². The van der Waals surface area contributed by atoms with Crippen LogP contribution >= 0.6 is 0 Å². The molecule has 0 aliphatic rings. The second kappa shape index (κ2) is 6.33. The molecule has 0 aliphatic carbocycles. The van der Waals surface area contributed by atoms with Gasteiger partial charge >= 0.3 is 0 Å². The van der Waals surface area contributed by atoms with Crippen molar-refractivity contribution in [3.05, 3.63) is 0 Å². The van der Waals surface area contributed by atoms with Crippen molar-refractivity contribution in [2.75, 3.05) is 19.8 Å². The van der Waals surface area contributed by atoms with Crippen molar-refractivity contribution in [2.45, 2.75) is 25.2 Å². The van der Waals surface area contributed by atoms with Gasteiger partial charge in [-0.15, -0.1) is 0 Å². The fraction of sp³-hybridized carbons (Fsp3) is 1.00. The topological polar surface area (TPSA) is 90.2 Å². The molecule has 1 unspecified atom stereocenters. The van der Waals surface area contributed by atoms with Crippen LogP contribution in [0.5, 0.6) is 0 Å². The number of aliphatic hydroxyl groups is 4. The Kier molecular flexibility index (Phi) is 6.23. The number of hydrogen-bond donors (Lipinski definition) is 4. The Morgan fingerprint density at radius 2 is 1.75 bits per heavy atom. The van der Waals surface area contributed by atoms with Crippen LogP contribution in [0.2, 0.25) is 0 Å². The zero-order chi connectivity index (χ0) is 9.56. The molecule has 0 aromatic heterocycles. The van der Waals surface area contributed by atoms with E-state index in [1.165, 1.54) is 0 Å². The molecule has 0 saturated heterocycles. The SMILES string of the molecule is CCOC(CO)[C@@H](O)[C@@H](O)CO. The normalized spacial score (nSPS) is 18.8. The zero-order valence-corrected chi connectivity index (χ0v) is 7.05. The highest BCUT2D eigenvalue weighted by atomic mass is 16.5. The van der Waals surface area contributed by atoms with Gasteiger partial charge in [-0.1, -0.05) is 0 Å². The lowest BCUT2D eigenvalue weighted by Crippen LogP contribution is -2.43. The average Bonchev–Trinajstić information content (AvgIpc) is 2.11. The maximum Gasteiger partial charge on any atom is 0.110 e. The van der Waals surface area contributed by atoms with E-state index in [4.69, 9.17) is 20.1 Å². The van der Waals surface area contributed by atoms with Gasteiger partial charge in [-0.2, -0.15) is 0 Å². The monoisotopic (exact) mass is 180 g/mol. The second-order valence-corrected chi connectivity index (χ2v) is 2.42. The van der Waals surface area contributed by atoms with Gasteiger partial charge in [0.2, 0.25) is 0 Å². The molecule has 3 atom stereocenters. The van der Waals surface area contributed by atoms with Crippen LogP contribution in [0.1, 0.15) is 6.92 Å². The lowest BCUT2D eigenvalue weighted by Gasteiger charge is -2.23. The molecule has 4 N–H and O–H groups in total. The van der Waals surface area contributed by atoms with Gasteiger partial charge in [0, 0.05) is 6.61 Å². The number of hydrogen-bond acceptors (Lipinski definition) is 5. The van der Waals surface area contributed by atoms with Crippen molar-refractivity contribution in [3.63, 3.8) is 0 Å². The Bertz CT molecular complexity index is 108. The largest absolute Gasteiger partial charge is 0.394 e. The molecule has 0 fully saturated rings. The summed E-state index contributed by atoms with van der Waals surface area (Å²) in [6.07, 6.45) is -3.36. The molecule has 0 amide bonds. The number of aliphatic hydroxyl groups excluding tert-OH is 4. The maximum absolute atomic E-state index is 9.21. The molecule has 12 heavy (non-hydrogen) atoms. The molecule has 0 heterocycles. The van der Waals surface area contributed by atoms with E-state index in [0.29, 0.717) is 6.61 Å². The van der Waals surface area contributed by atoms with E-state index in [0.717, 1.165) is 0 Å². The molecule has 0 aromatic carbocycles. The zero-order valence-electron chi connectivity index (χ0n) is 7.05. The summed E-state index contributed by atoms with van der Waals surface area (Å²) >= 11 is 0. The Morgan fingerprint density at radius 3 is 2.08 bits per heavy atom. The van der Waals surface area contributed by atoms with Crippen molar-refractivity contribution in [2.24, 2.45) is 0 Å². The van der Waals surface area contributed by atoms with Gasteiger partial charge in [0.25, 0.3) is 0 Å². The predicted molar refractivity (Wildman–Crippen MR) is 41.6 cm³/mol. The summed E-state index contributed by atoms with van der Waals surface area (Å²) in [5, 5.41) is 35.3. The second-order valence-electron chi connectivity index (χ2n) is 2.42. The molecule has 0 bridgehead atoms. The number of rotatable bonds is 6. The molecule has 0 saturated carbocycles. The van der Waals surface area contributed by atoms with Gasteiger partial charge in [0.1, 0.15) is 18.3 Å². The maximum atomic E-state index is 9.21. The molecule has 0 aromatic rings. The molecular weight excluding hydrogens is 164 g/mol. The van der Waals surface area contributed by atoms with Crippen LogP contribution in [0.4, 0.5) is 0 Å². The summed E-state index contributed by atoms with van der Waals surface area (Å²) in [5.41, 5.74) is 0. The van der Waals surface area contributed by atoms with Crippen molar-refractivity contribution < 1.29 is 25.2 Å². The summed E-state index contributed by atoms with van der Waals surface area (Å²) in [7, 11) is 0. The van der Waals surface area contributed by atoms with Crippen LogP contribution in [0.15, 0.2) is 0 Å². The minimum atomic E-state index is -1.27. The third-order valence-electron chi connectivity index (χ3n) is 1.52. The smallest absolute Gasteiger partial charge is 0.110 e. The highest BCUT2D eigenvalue weighted by molar-refractivity contribution is 4.75. The number of ether oxygens (including phenoxy) is 1. The van der Waals surface area contributed by atoms with Crippen LogP contribution in [0.25, 0.3) is 0 Å². The lowest BCUT2D eigenvalue weighted by molar-refractivity contribution is -0.114. The average molecular weight is 180 g/mol. The first-order chi connectivity index (χ1) is 5.67. The third-order valence-corrected chi connectivity index (χ3v) is 1.52. The highest BCUT2D eigenvalue weighted by Gasteiger charge is 2.25. The molecule has 0 spiro atoms. The molecule has 74 valence electrons. The molecule has 5 nitrogen and oxygen atoms in total. The lowest BCUT2D eigenvalue weighted by atomic mass is 10.1. The van der Waals surface area contributed by atoms with Crippen LogP contribution in [-0.4, -0.2) is 58.6 Å². The fourth-order valence-corrected chi connectivity index (χ4v) is 0.829. The van der Waals surface area contributed by atoms with Gasteiger partial charge in [-0.05, 0) is 6.92 Å². The van der Waals surface area contributed by atoms with Crippen LogP contribution in [-0.2, 0) is 4.74 Å². The summed E-state index contributed by atoms with van der Waals surface area (Å²) in [4.78, 5) is 0. The van der Waals surface area contributed by atoms with E-state index < -0.39 is 24.9 Å². The van der Waals surface area contributed by atoms with Gasteiger partial charge in [-0.25, -0.2) is 0 Å². The first-order valence-electron chi connectivity index (χ1n) is 3.86. The Balaban J connectivity index is 3.91. The highest BCUT2D eigenvalue weighted by Crippen LogP contribution is 2.03. The summed E-state index contributed by atoms with van der Waals surface area (Å²) in [5.74, 6) is 0. The third kappa shape index (κ3) is 3.46. The Morgan fingerprint density at radius 1 is 1.17 bits per heavy atom. The first kappa shape index (κ1) is 11.8. The predicted octanol–water partition coefficient (Wildman–Crippen LogP) is -1.90. The van der Waals surface area contributed by atoms with E-state index in [1.807, 2.05) is 0 Å². The first-order valence-corrected chi connectivity index (χ1v) is 3.86. The molecular formula is C7H16O5. The van der Waals surface area contributed by atoms with Gasteiger partial charge in [0.15, 0.2) is 0 Å². The molecule has 0 aliphatic heterocycles. The van der Waals surface area contributed by atoms with Crippen LogP contribution in [0, 0.1) is 0 Å². The molecule has 0 rings (SSSR count). The van der Waals surface area contributed by atoms with Crippen molar-refractivity contribution in [1.82, 2.24) is 0 Å². The van der Waals surface area contributed by atoms with E-state index in [-0.39, 0.29) is 6.61 Å². The molecule has 0 radical (unpaired) electrons. The van der Waals surface area contributed by atoms with Gasteiger partial charge in [-0.3, -0.25) is 0 Å². The van der Waals surface area contributed by atoms with E-state index in [2.05, 4.69) is 0 Å². The Labute approximate surface area is 71.2 Å².